The molecule has 0 unspecified atom stereocenters. The van der Waals surface area contributed by atoms with E-state index in [0.717, 1.165) is 36.6 Å². The van der Waals surface area contributed by atoms with Crippen LogP contribution in [0.3, 0.4) is 0 Å². The van der Waals surface area contributed by atoms with Gasteiger partial charge in [-0.2, -0.15) is 0 Å². The Hall–Kier alpha value is -0.650. The SMILES string of the molecule is CNC(=O)CCN(C)CCCc1nc(CCl)cs1. The van der Waals surface area contributed by atoms with Gasteiger partial charge in [-0.05, 0) is 20.0 Å². The van der Waals surface area contributed by atoms with E-state index in [4.69, 9.17) is 11.6 Å². The zero-order valence-electron chi connectivity index (χ0n) is 10.9. The number of thiazole rings is 1. The Balaban J connectivity index is 2.15. The number of aryl methyl sites for hydroxylation is 1. The van der Waals surface area contributed by atoms with E-state index in [-0.39, 0.29) is 5.91 Å². The summed E-state index contributed by atoms with van der Waals surface area (Å²) in [5, 5.41) is 5.78. The smallest absolute Gasteiger partial charge is 0.221 e. The van der Waals surface area contributed by atoms with E-state index >= 15 is 0 Å². The summed E-state index contributed by atoms with van der Waals surface area (Å²) < 4.78 is 0. The number of amides is 1. The third-order valence-electron chi connectivity index (χ3n) is 2.67. The van der Waals surface area contributed by atoms with Gasteiger partial charge in [0.1, 0.15) is 0 Å². The topological polar surface area (TPSA) is 45.2 Å². The highest BCUT2D eigenvalue weighted by atomic mass is 35.5. The van der Waals surface area contributed by atoms with Crippen molar-refractivity contribution in [1.82, 2.24) is 15.2 Å². The second-order valence-electron chi connectivity index (χ2n) is 4.20. The summed E-state index contributed by atoms with van der Waals surface area (Å²) in [5.41, 5.74) is 0.963. The molecule has 0 bridgehead atoms. The van der Waals surface area contributed by atoms with Crippen LogP contribution in [0.1, 0.15) is 23.5 Å². The molecule has 0 aliphatic heterocycles. The Bertz CT molecular complexity index is 370. The third-order valence-corrected chi connectivity index (χ3v) is 3.90. The number of aromatic nitrogens is 1. The average molecular weight is 290 g/mol. The summed E-state index contributed by atoms with van der Waals surface area (Å²) >= 11 is 7.38. The van der Waals surface area contributed by atoms with Gasteiger partial charge in [-0.25, -0.2) is 4.98 Å². The van der Waals surface area contributed by atoms with Gasteiger partial charge in [0.2, 0.25) is 5.91 Å². The van der Waals surface area contributed by atoms with Crippen LogP contribution >= 0.6 is 22.9 Å². The Morgan fingerprint density at radius 3 is 2.94 bits per heavy atom. The van der Waals surface area contributed by atoms with Crippen molar-refractivity contribution < 1.29 is 4.79 Å². The molecule has 1 amide bonds. The van der Waals surface area contributed by atoms with E-state index in [0.29, 0.717) is 12.3 Å². The second kappa shape index (κ2) is 8.45. The predicted octanol–water partition coefficient (Wildman–Crippen LogP) is 1.88. The molecule has 0 aromatic carbocycles. The number of rotatable bonds is 8. The first-order chi connectivity index (χ1) is 8.65. The van der Waals surface area contributed by atoms with Gasteiger partial charge in [-0.3, -0.25) is 4.79 Å². The maximum atomic E-state index is 11.1. The Morgan fingerprint density at radius 1 is 1.56 bits per heavy atom. The third kappa shape index (κ3) is 5.80. The molecule has 0 fully saturated rings. The molecule has 0 aliphatic carbocycles. The summed E-state index contributed by atoms with van der Waals surface area (Å²) in [4.78, 5) is 17.7. The highest BCUT2D eigenvalue weighted by molar-refractivity contribution is 7.09. The lowest BCUT2D eigenvalue weighted by Crippen LogP contribution is -2.27. The van der Waals surface area contributed by atoms with Crippen LogP contribution in [0.2, 0.25) is 0 Å². The van der Waals surface area contributed by atoms with E-state index < -0.39 is 0 Å². The fourth-order valence-corrected chi connectivity index (χ4v) is 2.62. The Morgan fingerprint density at radius 2 is 2.33 bits per heavy atom. The van der Waals surface area contributed by atoms with Gasteiger partial charge in [0.15, 0.2) is 0 Å². The van der Waals surface area contributed by atoms with Gasteiger partial charge in [0.25, 0.3) is 0 Å². The number of halogens is 1. The van der Waals surface area contributed by atoms with Crippen LogP contribution in [0.15, 0.2) is 5.38 Å². The number of nitrogens with one attached hydrogen (secondary N) is 1. The van der Waals surface area contributed by atoms with Crippen molar-refractivity contribution in [2.24, 2.45) is 0 Å². The van der Waals surface area contributed by atoms with Crippen molar-refractivity contribution in [2.75, 3.05) is 27.2 Å². The molecule has 4 nitrogen and oxygen atoms in total. The molecule has 0 aliphatic rings. The van der Waals surface area contributed by atoms with Crippen molar-refractivity contribution in [3.05, 3.63) is 16.1 Å². The van der Waals surface area contributed by atoms with Crippen LogP contribution in [-0.4, -0.2) is 43.0 Å². The molecule has 0 saturated heterocycles. The first kappa shape index (κ1) is 15.4. The first-order valence-corrected chi connectivity index (χ1v) is 7.45. The number of carbonyl (C=O) groups excluding carboxylic acids is 1. The molecular weight excluding hydrogens is 270 g/mol. The van der Waals surface area contributed by atoms with Crippen molar-refractivity contribution in [3.63, 3.8) is 0 Å². The fourth-order valence-electron chi connectivity index (χ4n) is 1.55. The summed E-state index contributed by atoms with van der Waals surface area (Å²) in [5.74, 6) is 0.580. The molecule has 0 radical (unpaired) electrons. The van der Waals surface area contributed by atoms with Gasteiger partial charge >= 0.3 is 0 Å². The standard InChI is InChI=1S/C12H20ClN3OS/c1-14-11(17)5-7-16(2)6-3-4-12-15-10(8-13)9-18-12/h9H,3-8H2,1-2H3,(H,14,17). The van der Waals surface area contributed by atoms with Gasteiger partial charge in [0.05, 0.1) is 16.6 Å². The molecule has 1 N–H and O–H groups in total. The molecule has 0 saturated carbocycles. The van der Waals surface area contributed by atoms with Crippen molar-refractivity contribution in [3.8, 4) is 0 Å². The normalized spacial score (nSPS) is 10.9. The second-order valence-corrected chi connectivity index (χ2v) is 5.41. The number of alkyl halides is 1. The molecule has 1 heterocycles. The van der Waals surface area contributed by atoms with E-state index in [1.54, 1.807) is 18.4 Å². The van der Waals surface area contributed by atoms with Crippen LogP contribution in [0.4, 0.5) is 0 Å². The monoisotopic (exact) mass is 289 g/mol. The highest BCUT2D eigenvalue weighted by Crippen LogP contribution is 2.13. The van der Waals surface area contributed by atoms with Gasteiger partial charge in [0, 0.05) is 31.8 Å². The van der Waals surface area contributed by atoms with E-state index in [1.165, 1.54) is 0 Å². The quantitative estimate of drug-likeness (QED) is 0.743. The minimum Gasteiger partial charge on any atom is -0.359 e. The summed E-state index contributed by atoms with van der Waals surface area (Å²) in [6, 6.07) is 0. The van der Waals surface area contributed by atoms with Crippen LogP contribution in [0.5, 0.6) is 0 Å². The minimum atomic E-state index is 0.0912. The molecule has 1 rings (SSSR count). The van der Waals surface area contributed by atoms with E-state index in [2.05, 4.69) is 15.2 Å². The zero-order valence-corrected chi connectivity index (χ0v) is 12.5. The van der Waals surface area contributed by atoms with Crippen LogP contribution in [0, 0.1) is 0 Å². The van der Waals surface area contributed by atoms with E-state index in [1.807, 2.05) is 12.4 Å². The Labute approximate surface area is 117 Å². The fraction of sp³-hybridized carbons (Fsp3) is 0.667. The lowest BCUT2D eigenvalue weighted by atomic mass is 10.3. The van der Waals surface area contributed by atoms with Crippen molar-refractivity contribution in [1.29, 1.82) is 0 Å². The average Bonchev–Trinajstić information content (AvgIpc) is 2.83. The van der Waals surface area contributed by atoms with Crippen molar-refractivity contribution >= 4 is 28.8 Å². The van der Waals surface area contributed by atoms with Gasteiger partial charge in [-0.1, -0.05) is 0 Å². The minimum absolute atomic E-state index is 0.0912. The number of carbonyl (C=O) groups is 1. The predicted molar refractivity (Wildman–Crippen MR) is 76.2 cm³/mol. The van der Waals surface area contributed by atoms with Crippen LogP contribution in [0.25, 0.3) is 0 Å². The number of hydrogen-bond donors (Lipinski definition) is 1. The molecule has 102 valence electrons. The number of nitrogens with zero attached hydrogens (tertiary/aromatic N) is 2. The Kier molecular flexibility index (Phi) is 7.23. The first-order valence-electron chi connectivity index (χ1n) is 6.04. The van der Waals surface area contributed by atoms with E-state index in [9.17, 15) is 4.79 Å². The summed E-state index contributed by atoms with van der Waals surface area (Å²) in [6.45, 7) is 1.78. The maximum absolute atomic E-state index is 11.1. The summed E-state index contributed by atoms with van der Waals surface area (Å²) in [7, 11) is 3.70. The summed E-state index contributed by atoms with van der Waals surface area (Å²) in [6.07, 6.45) is 2.59. The molecule has 1 aromatic rings. The van der Waals surface area contributed by atoms with Gasteiger partial charge < -0.3 is 10.2 Å². The number of hydrogen-bond acceptors (Lipinski definition) is 4. The molecule has 6 heteroatoms. The van der Waals surface area contributed by atoms with Gasteiger partial charge in [-0.15, -0.1) is 22.9 Å². The zero-order chi connectivity index (χ0) is 13.4. The lowest BCUT2D eigenvalue weighted by molar-refractivity contribution is -0.120. The molecular formula is C12H20ClN3OS. The van der Waals surface area contributed by atoms with Crippen LogP contribution in [-0.2, 0) is 17.1 Å². The van der Waals surface area contributed by atoms with Crippen molar-refractivity contribution in [2.45, 2.75) is 25.1 Å². The molecule has 0 spiro atoms. The molecule has 0 atom stereocenters. The molecule has 18 heavy (non-hydrogen) atoms. The van der Waals surface area contributed by atoms with Crippen LogP contribution < -0.4 is 5.32 Å². The highest BCUT2D eigenvalue weighted by Gasteiger charge is 2.04. The lowest BCUT2D eigenvalue weighted by Gasteiger charge is -2.15. The molecule has 1 aromatic heterocycles. The largest absolute Gasteiger partial charge is 0.359 e. The maximum Gasteiger partial charge on any atom is 0.221 e.